The second-order valence-corrected chi connectivity index (χ2v) is 4.32. The molecule has 0 bridgehead atoms. The highest BCUT2D eigenvalue weighted by atomic mass is 35.5. The number of anilines is 1. The highest BCUT2D eigenvalue weighted by molar-refractivity contribution is 7.15. The van der Waals surface area contributed by atoms with Gasteiger partial charge in [-0.25, -0.2) is 4.98 Å². The summed E-state index contributed by atoms with van der Waals surface area (Å²) in [5.74, 6) is -0.270. The van der Waals surface area contributed by atoms with Gasteiger partial charge in [0.05, 0.1) is 5.02 Å². The van der Waals surface area contributed by atoms with Gasteiger partial charge in [-0.2, -0.15) is 8.78 Å². The Balaban J connectivity index is 2.19. The lowest BCUT2D eigenvalue weighted by atomic mass is 10.5. The van der Waals surface area contributed by atoms with Crippen molar-refractivity contribution >= 4 is 28.1 Å². The Bertz CT molecular complexity index is 518. The molecule has 5 nitrogen and oxygen atoms in total. The van der Waals surface area contributed by atoms with Gasteiger partial charge in [-0.1, -0.05) is 22.9 Å². The van der Waals surface area contributed by atoms with Crippen LogP contribution in [0.3, 0.4) is 0 Å². The van der Waals surface area contributed by atoms with Crippen molar-refractivity contribution in [2.75, 3.05) is 5.73 Å². The van der Waals surface area contributed by atoms with Crippen LogP contribution in [0.1, 0.15) is 5.01 Å². The molecular formula is C8H5ClF2N4OS. The Morgan fingerprint density at radius 3 is 2.65 bits per heavy atom. The van der Waals surface area contributed by atoms with Crippen LogP contribution < -0.4 is 10.5 Å². The van der Waals surface area contributed by atoms with E-state index in [2.05, 4.69) is 19.9 Å². The van der Waals surface area contributed by atoms with Gasteiger partial charge in [-0.3, -0.25) is 0 Å². The summed E-state index contributed by atoms with van der Waals surface area (Å²) < 4.78 is 31.4. The second-order valence-electron chi connectivity index (χ2n) is 2.88. The van der Waals surface area contributed by atoms with Crippen LogP contribution in [0.5, 0.6) is 5.88 Å². The number of nitrogens with two attached hydrogens (primary N) is 1. The number of alkyl halides is 2. The molecule has 0 radical (unpaired) electrons. The van der Waals surface area contributed by atoms with E-state index in [1.165, 1.54) is 18.3 Å². The van der Waals surface area contributed by atoms with Gasteiger partial charge < -0.3 is 10.5 Å². The van der Waals surface area contributed by atoms with E-state index in [1.54, 1.807) is 0 Å². The number of hydrogen-bond donors (Lipinski definition) is 1. The van der Waals surface area contributed by atoms with Crippen LogP contribution in [0.25, 0.3) is 0 Å². The maximum atomic E-state index is 13.5. The zero-order chi connectivity index (χ0) is 12.5. The number of hydrogen-bond acceptors (Lipinski definition) is 6. The molecule has 9 heteroatoms. The summed E-state index contributed by atoms with van der Waals surface area (Å²) in [6, 6.07) is 2.61. The van der Waals surface area contributed by atoms with Gasteiger partial charge in [0.25, 0.3) is 0 Å². The lowest BCUT2D eigenvalue weighted by Gasteiger charge is -2.13. The fourth-order valence-corrected chi connectivity index (χ4v) is 1.58. The minimum Gasteiger partial charge on any atom is -0.409 e. The van der Waals surface area contributed by atoms with E-state index in [9.17, 15) is 8.78 Å². The molecule has 2 N–H and O–H groups in total. The molecule has 2 heterocycles. The summed E-state index contributed by atoms with van der Waals surface area (Å²) in [4.78, 5) is 3.59. The van der Waals surface area contributed by atoms with E-state index in [4.69, 9.17) is 17.3 Å². The zero-order valence-electron chi connectivity index (χ0n) is 8.10. The number of halogens is 3. The van der Waals surface area contributed by atoms with Gasteiger partial charge in [-0.05, 0) is 6.07 Å². The molecule has 0 unspecified atom stereocenters. The van der Waals surface area contributed by atoms with Crippen LogP contribution in [0.2, 0.25) is 5.02 Å². The smallest absolute Gasteiger partial charge is 0.409 e. The topological polar surface area (TPSA) is 73.9 Å². The highest BCUT2D eigenvalue weighted by Crippen LogP contribution is 2.33. The Kier molecular flexibility index (Phi) is 3.07. The van der Waals surface area contributed by atoms with Crippen molar-refractivity contribution in [2.45, 2.75) is 6.11 Å². The minimum absolute atomic E-state index is 0.0626. The molecule has 0 saturated heterocycles. The van der Waals surface area contributed by atoms with E-state index >= 15 is 0 Å². The minimum atomic E-state index is -3.63. The number of nitrogens with zero attached hydrogens (tertiary/aromatic N) is 3. The summed E-state index contributed by atoms with van der Waals surface area (Å²) in [5, 5.41) is 6.12. The third-order valence-electron chi connectivity index (χ3n) is 1.62. The summed E-state index contributed by atoms with van der Waals surface area (Å²) in [6.07, 6.45) is -2.43. The second kappa shape index (κ2) is 4.38. The monoisotopic (exact) mass is 278 g/mol. The molecule has 0 spiro atoms. The van der Waals surface area contributed by atoms with Crippen LogP contribution in [-0.4, -0.2) is 15.2 Å². The first kappa shape index (κ1) is 11.9. The first-order valence-electron chi connectivity index (χ1n) is 4.25. The highest BCUT2D eigenvalue weighted by Gasteiger charge is 2.39. The maximum absolute atomic E-state index is 13.5. The predicted molar refractivity (Wildman–Crippen MR) is 58.1 cm³/mol. The quantitative estimate of drug-likeness (QED) is 0.932. The number of aromatic nitrogens is 3. The average molecular weight is 279 g/mol. The van der Waals surface area contributed by atoms with Gasteiger partial charge in [-0.15, -0.1) is 10.2 Å². The summed E-state index contributed by atoms with van der Waals surface area (Å²) in [6.45, 7) is 0. The van der Waals surface area contributed by atoms with E-state index in [0.29, 0.717) is 16.4 Å². The first-order valence-corrected chi connectivity index (χ1v) is 5.44. The van der Waals surface area contributed by atoms with Crippen LogP contribution in [0.15, 0.2) is 18.3 Å². The normalized spacial score (nSPS) is 11.5. The molecule has 0 saturated carbocycles. The molecule has 0 atom stereocenters. The summed E-state index contributed by atoms with van der Waals surface area (Å²) in [5.41, 5.74) is 5.21. The SMILES string of the molecule is Nc1nnc(C(F)(F)Oc2ccc(Cl)cn2)s1. The van der Waals surface area contributed by atoms with E-state index in [-0.39, 0.29) is 11.0 Å². The predicted octanol–water partition coefficient (Wildman–Crippen LogP) is 2.30. The molecule has 90 valence electrons. The van der Waals surface area contributed by atoms with Crippen molar-refractivity contribution in [1.29, 1.82) is 0 Å². The van der Waals surface area contributed by atoms with Crippen molar-refractivity contribution in [2.24, 2.45) is 0 Å². The Labute approximate surface area is 103 Å². The Morgan fingerprint density at radius 2 is 2.12 bits per heavy atom. The van der Waals surface area contributed by atoms with Crippen molar-refractivity contribution in [1.82, 2.24) is 15.2 Å². The molecule has 2 aromatic rings. The Morgan fingerprint density at radius 1 is 1.35 bits per heavy atom. The molecule has 17 heavy (non-hydrogen) atoms. The lowest BCUT2D eigenvalue weighted by Crippen LogP contribution is -2.22. The average Bonchev–Trinajstić information content (AvgIpc) is 2.69. The van der Waals surface area contributed by atoms with Crippen molar-refractivity contribution in [3.05, 3.63) is 28.4 Å². The fourth-order valence-electron chi connectivity index (χ4n) is 0.950. The van der Waals surface area contributed by atoms with Gasteiger partial charge in [0.2, 0.25) is 16.0 Å². The summed E-state index contributed by atoms with van der Waals surface area (Å²) >= 11 is 6.10. The maximum Gasteiger partial charge on any atom is 0.457 e. The van der Waals surface area contributed by atoms with Crippen LogP contribution >= 0.6 is 22.9 Å². The van der Waals surface area contributed by atoms with Crippen LogP contribution in [0.4, 0.5) is 13.9 Å². The zero-order valence-corrected chi connectivity index (χ0v) is 9.67. The molecular weight excluding hydrogens is 274 g/mol. The van der Waals surface area contributed by atoms with E-state index < -0.39 is 11.1 Å². The van der Waals surface area contributed by atoms with Crippen LogP contribution in [0, 0.1) is 0 Å². The molecule has 0 amide bonds. The fraction of sp³-hybridized carbons (Fsp3) is 0.125. The van der Waals surface area contributed by atoms with Crippen molar-refractivity contribution < 1.29 is 13.5 Å². The number of nitrogen functional groups attached to an aromatic ring is 1. The molecule has 0 aliphatic heterocycles. The number of ether oxygens (including phenoxy) is 1. The molecule has 0 fully saturated rings. The molecule has 0 aromatic carbocycles. The van der Waals surface area contributed by atoms with Crippen LogP contribution in [-0.2, 0) is 6.11 Å². The van der Waals surface area contributed by atoms with Gasteiger partial charge in [0.1, 0.15) is 0 Å². The third-order valence-corrected chi connectivity index (χ3v) is 2.65. The number of rotatable bonds is 3. The molecule has 0 aliphatic carbocycles. The van der Waals surface area contributed by atoms with Gasteiger partial charge in [0, 0.05) is 12.3 Å². The van der Waals surface area contributed by atoms with Gasteiger partial charge >= 0.3 is 6.11 Å². The van der Waals surface area contributed by atoms with E-state index in [1.807, 2.05) is 0 Å². The van der Waals surface area contributed by atoms with Crippen molar-refractivity contribution in [3.8, 4) is 5.88 Å². The standard InChI is InChI=1S/C8H5ClF2N4OS/c9-4-1-2-5(13-3-4)16-8(10,11)6-14-15-7(12)17-6/h1-3H,(H2,12,15). The van der Waals surface area contributed by atoms with Crippen molar-refractivity contribution in [3.63, 3.8) is 0 Å². The molecule has 2 aromatic heterocycles. The third kappa shape index (κ3) is 2.77. The Hall–Kier alpha value is -1.54. The molecule has 2 rings (SSSR count). The first-order chi connectivity index (χ1) is 7.97. The van der Waals surface area contributed by atoms with E-state index in [0.717, 1.165) is 0 Å². The van der Waals surface area contributed by atoms with Gasteiger partial charge in [0.15, 0.2) is 0 Å². The summed E-state index contributed by atoms with van der Waals surface area (Å²) in [7, 11) is 0. The lowest BCUT2D eigenvalue weighted by molar-refractivity contribution is -0.187. The largest absolute Gasteiger partial charge is 0.457 e. The number of pyridine rings is 1. The molecule has 0 aliphatic rings.